The molecule has 0 saturated heterocycles. The van der Waals surface area contributed by atoms with E-state index in [0.29, 0.717) is 16.5 Å². The first-order chi connectivity index (χ1) is 11.8. The van der Waals surface area contributed by atoms with Crippen molar-refractivity contribution >= 4 is 34.5 Å². The highest BCUT2D eigenvalue weighted by atomic mass is 35.5. The van der Waals surface area contributed by atoms with Crippen molar-refractivity contribution in [1.82, 2.24) is 15.0 Å². The number of rotatable bonds is 2. The molecule has 1 N–H and O–H groups in total. The second-order valence-corrected chi connectivity index (χ2v) is 6.84. The van der Waals surface area contributed by atoms with Gasteiger partial charge in [0, 0.05) is 18.0 Å². The molecule has 0 spiro atoms. The van der Waals surface area contributed by atoms with Crippen LogP contribution in [0, 0.1) is 0 Å². The molecule has 3 aromatic heterocycles. The Hall–Kier alpha value is -2.73. The third-order valence-electron chi connectivity index (χ3n) is 3.23. The average Bonchev–Trinajstić information content (AvgIpc) is 2.52. The Labute approximate surface area is 150 Å². The van der Waals surface area contributed by atoms with Crippen molar-refractivity contribution < 1.29 is 9.53 Å². The number of aromatic nitrogens is 3. The molecule has 0 saturated carbocycles. The molecule has 3 heterocycles. The van der Waals surface area contributed by atoms with E-state index in [9.17, 15) is 4.79 Å². The van der Waals surface area contributed by atoms with Gasteiger partial charge in [0.1, 0.15) is 16.6 Å². The van der Waals surface area contributed by atoms with E-state index in [1.54, 1.807) is 45.3 Å². The van der Waals surface area contributed by atoms with Crippen molar-refractivity contribution in [2.75, 3.05) is 5.32 Å². The molecule has 0 radical (unpaired) electrons. The number of hydrogen-bond acceptors (Lipinski definition) is 5. The lowest BCUT2D eigenvalue weighted by atomic mass is 10.1. The van der Waals surface area contributed by atoms with Crippen LogP contribution in [-0.2, 0) is 4.74 Å². The molecule has 0 unspecified atom stereocenters. The van der Waals surface area contributed by atoms with Crippen molar-refractivity contribution in [3.63, 3.8) is 0 Å². The minimum atomic E-state index is -0.575. The van der Waals surface area contributed by atoms with Crippen LogP contribution in [0.4, 0.5) is 10.6 Å². The zero-order chi connectivity index (χ0) is 18.0. The van der Waals surface area contributed by atoms with E-state index in [4.69, 9.17) is 16.3 Å². The fraction of sp³-hybridized carbons (Fsp3) is 0.222. The number of nitrogens with one attached hydrogen (secondary N) is 1. The average molecular weight is 357 g/mol. The summed E-state index contributed by atoms with van der Waals surface area (Å²) >= 11 is 5.94. The molecule has 1 amide bonds. The zero-order valence-corrected chi connectivity index (χ0v) is 14.8. The summed E-state index contributed by atoms with van der Waals surface area (Å²) in [7, 11) is 0. The first-order valence-corrected chi connectivity index (χ1v) is 8.07. The van der Waals surface area contributed by atoms with Gasteiger partial charge in [-0.2, -0.15) is 0 Å². The highest BCUT2D eigenvalue weighted by molar-refractivity contribution is 6.29. The van der Waals surface area contributed by atoms with Gasteiger partial charge in [0.2, 0.25) is 0 Å². The Bertz CT molecular complexity index is 938. The van der Waals surface area contributed by atoms with Crippen molar-refractivity contribution in [1.29, 1.82) is 0 Å². The Morgan fingerprint density at radius 3 is 2.64 bits per heavy atom. The van der Waals surface area contributed by atoms with Gasteiger partial charge in [-0.1, -0.05) is 11.6 Å². The topological polar surface area (TPSA) is 77.0 Å². The predicted octanol–water partition coefficient (Wildman–Crippen LogP) is 4.69. The lowest BCUT2D eigenvalue weighted by Gasteiger charge is -2.19. The van der Waals surface area contributed by atoms with Gasteiger partial charge in [-0.25, -0.2) is 14.8 Å². The van der Waals surface area contributed by atoms with E-state index in [1.807, 2.05) is 18.2 Å². The van der Waals surface area contributed by atoms with Gasteiger partial charge in [-0.15, -0.1) is 0 Å². The lowest BCUT2D eigenvalue weighted by molar-refractivity contribution is 0.0635. The third-order valence-corrected chi connectivity index (χ3v) is 3.44. The fourth-order valence-electron chi connectivity index (χ4n) is 2.23. The van der Waals surface area contributed by atoms with Crippen LogP contribution in [0.2, 0.25) is 5.15 Å². The van der Waals surface area contributed by atoms with Gasteiger partial charge in [0.15, 0.2) is 0 Å². The summed E-state index contributed by atoms with van der Waals surface area (Å²) in [5.41, 5.74) is 2.57. The first kappa shape index (κ1) is 17.1. The highest BCUT2D eigenvalue weighted by Gasteiger charge is 2.16. The van der Waals surface area contributed by atoms with E-state index in [1.165, 1.54) is 0 Å². The lowest BCUT2D eigenvalue weighted by Crippen LogP contribution is -2.27. The minimum absolute atomic E-state index is 0.394. The number of pyridine rings is 3. The first-order valence-electron chi connectivity index (χ1n) is 7.69. The van der Waals surface area contributed by atoms with Crippen molar-refractivity contribution in [3.8, 4) is 11.1 Å². The van der Waals surface area contributed by atoms with Gasteiger partial charge in [0.05, 0.1) is 11.0 Å². The SMILES string of the molecule is CC(C)(C)OC(=O)Nc1cc(-c2cnc3ccc(Cl)nc3c2)ccn1. The Kier molecular flexibility index (Phi) is 4.55. The van der Waals surface area contributed by atoms with E-state index in [2.05, 4.69) is 20.3 Å². The van der Waals surface area contributed by atoms with E-state index in [0.717, 1.165) is 16.6 Å². The summed E-state index contributed by atoms with van der Waals surface area (Å²) < 4.78 is 5.23. The number of carbonyl (C=O) groups excluding carboxylic acids is 1. The highest BCUT2D eigenvalue weighted by Crippen LogP contribution is 2.24. The number of amides is 1. The fourth-order valence-corrected chi connectivity index (χ4v) is 2.38. The summed E-state index contributed by atoms with van der Waals surface area (Å²) in [6.07, 6.45) is 2.80. The van der Waals surface area contributed by atoms with E-state index >= 15 is 0 Å². The molecule has 128 valence electrons. The van der Waals surface area contributed by atoms with E-state index < -0.39 is 11.7 Å². The minimum Gasteiger partial charge on any atom is -0.444 e. The molecule has 25 heavy (non-hydrogen) atoms. The largest absolute Gasteiger partial charge is 0.444 e. The van der Waals surface area contributed by atoms with Crippen molar-refractivity contribution in [2.24, 2.45) is 0 Å². The molecule has 0 fully saturated rings. The summed E-state index contributed by atoms with van der Waals surface area (Å²) in [6, 6.07) is 8.98. The molecule has 0 atom stereocenters. The van der Waals surface area contributed by atoms with Crippen LogP contribution in [0.1, 0.15) is 20.8 Å². The van der Waals surface area contributed by atoms with Crippen LogP contribution in [0.3, 0.4) is 0 Å². The molecule has 0 aromatic carbocycles. The van der Waals surface area contributed by atoms with E-state index in [-0.39, 0.29) is 0 Å². The van der Waals surface area contributed by atoms with Crippen LogP contribution in [0.15, 0.2) is 42.7 Å². The summed E-state index contributed by atoms with van der Waals surface area (Å²) in [4.78, 5) is 24.7. The van der Waals surface area contributed by atoms with Gasteiger partial charge >= 0.3 is 6.09 Å². The second-order valence-electron chi connectivity index (χ2n) is 6.45. The second kappa shape index (κ2) is 6.64. The molecular formula is C18H17ClN4O2. The molecular weight excluding hydrogens is 340 g/mol. The van der Waals surface area contributed by atoms with Crippen LogP contribution in [0.5, 0.6) is 0 Å². The quantitative estimate of drug-likeness (QED) is 0.674. The van der Waals surface area contributed by atoms with Crippen LogP contribution < -0.4 is 5.32 Å². The summed E-state index contributed by atoms with van der Waals surface area (Å²) in [5.74, 6) is 0.394. The van der Waals surface area contributed by atoms with Crippen LogP contribution in [-0.4, -0.2) is 26.6 Å². The van der Waals surface area contributed by atoms with Gasteiger partial charge < -0.3 is 4.74 Å². The number of anilines is 1. The Morgan fingerprint density at radius 1 is 1.08 bits per heavy atom. The third kappa shape index (κ3) is 4.42. The summed E-state index contributed by atoms with van der Waals surface area (Å²) in [6.45, 7) is 5.40. The normalized spacial score (nSPS) is 11.4. The maximum atomic E-state index is 11.9. The molecule has 0 aliphatic rings. The smallest absolute Gasteiger partial charge is 0.413 e. The predicted molar refractivity (Wildman–Crippen MR) is 97.6 cm³/mol. The standard InChI is InChI=1S/C18H17ClN4O2/c1-18(2,3)25-17(24)23-16-9-11(6-7-20-16)12-8-14-13(21-10-12)4-5-15(19)22-14/h4-10H,1-3H3,(H,20,23,24). The Balaban J connectivity index is 1.87. The molecule has 0 aliphatic heterocycles. The molecule has 3 aromatic rings. The van der Waals surface area contributed by atoms with Gasteiger partial charge in [-0.3, -0.25) is 10.3 Å². The van der Waals surface area contributed by atoms with Crippen molar-refractivity contribution in [2.45, 2.75) is 26.4 Å². The van der Waals surface area contributed by atoms with Crippen LogP contribution in [0.25, 0.3) is 22.2 Å². The number of carbonyl (C=O) groups is 1. The molecule has 0 bridgehead atoms. The van der Waals surface area contributed by atoms with Gasteiger partial charge in [-0.05, 0) is 56.7 Å². The number of fused-ring (bicyclic) bond motifs is 1. The zero-order valence-electron chi connectivity index (χ0n) is 14.1. The molecule has 3 rings (SSSR count). The number of nitrogens with zero attached hydrogens (tertiary/aromatic N) is 3. The summed E-state index contributed by atoms with van der Waals surface area (Å²) in [5, 5.41) is 3.04. The maximum Gasteiger partial charge on any atom is 0.413 e. The molecule has 7 heteroatoms. The Morgan fingerprint density at radius 2 is 1.88 bits per heavy atom. The number of hydrogen-bond donors (Lipinski definition) is 1. The van der Waals surface area contributed by atoms with Crippen molar-refractivity contribution in [3.05, 3.63) is 47.9 Å². The van der Waals surface area contributed by atoms with Crippen LogP contribution >= 0.6 is 11.6 Å². The number of ether oxygens (including phenoxy) is 1. The number of halogens is 1. The van der Waals surface area contributed by atoms with Gasteiger partial charge in [0.25, 0.3) is 0 Å². The molecule has 0 aliphatic carbocycles. The maximum absolute atomic E-state index is 11.9. The monoisotopic (exact) mass is 356 g/mol. The molecule has 6 nitrogen and oxygen atoms in total.